The lowest BCUT2D eigenvalue weighted by molar-refractivity contribution is 0.415. The van der Waals surface area contributed by atoms with Gasteiger partial charge in [-0.05, 0) is 23.8 Å². The Balaban J connectivity index is 1.78. The Morgan fingerprint density at radius 1 is 1.26 bits per heavy atom. The summed E-state index contributed by atoms with van der Waals surface area (Å²) in [5.41, 5.74) is 1.34. The Morgan fingerprint density at radius 3 is 2.65 bits per heavy atom. The van der Waals surface area contributed by atoms with E-state index in [0.29, 0.717) is 17.5 Å². The van der Waals surface area contributed by atoms with Crippen LogP contribution in [0.5, 0.6) is 5.75 Å². The van der Waals surface area contributed by atoms with Crippen molar-refractivity contribution in [1.82, 2.24) is 10.3 Å². The quantitative estimate of drug-likeness (QED) is 0.932. The van der Waals surface area contributed by atoms with Gasteiger partial charge in [-0.3, -0.25) is 0 Å². The van der Waals surface area contributed by atoms with Crippen LogP contribution < -0.4 is 15.0 Å². The molecule has 0 amide bonds. The van der Waals surface area contributed by atoms with E-state index in [9.17, 15) is 5.26 Å². The molecule has 0 aliphatic carbocycles. The molecule has 1 aliphatic rings. The van der Waals surface area contributed by atoms with E-state index in [0.717, 1.165) is 37.5 Å². The van der Waals surface area contributed by atoms with Gasteiger partial charge < -0.3 is 19.4 Å². The minimum Gasteiger partial charge on any atom is -0.497 e. The molecule has 1 aliphatic heterocycles. The summed E-state index contributed by atoms with van der Waals surface area (Å²) in [7, 11) is 1.64. The van der Waals surface area contributed by atoms with E-state index < -0.39 is 0 Å². The van der Waals surface area contributed by atoms with Gasteiger partial charge >= 0.3 is 0 Å². The Morgan fingerprint density at radius 2 is 2.00 bits per heavy atom. The Kier molecular flexibility index (Phi) is 4.60. The monoisotopic (exact) mass is 310 g/mol. The number of oxazole rings is 1. The number of benzene rings is 1. The minimum absolute atomic E-state index is 0.335. The van der Waals surface area contributed by atoms with Crippen molar-refractivity contribution >= 4 is 18.0 Å². The number of nitriles is 1. The van der Waals surface area contributed by atoms with Crippen LogP contribution in [0.4, 0.5) is 5.88 Å². The smallest absolute Gasteiger partial charge is 0.235 e. The number of ether oxygens (including phenoxy) is 1. The van der Waals surface area contributed by atoms with Gasteiger partial charge in [-0.2, -0.15) is 10.2 Å². The average Bonchev–Trinajstić information content (AvgIpc) is 3.04. The van der Waals surface area contributed by atoms with E-state index in [1.54, 1.807) is 13.2 Å². The molecule has 3 rings (SSSR count). The van der Waals surface area contributed by atoms with E-state index in [2.05, 4.69) is 16.4 Å². The standard InChI is InChI=1S/C17H18N4O2/c1-22-14-5-2-13(3-6-14)4-7-16-20-15(12-18)17(23-16)21-10-8-19-9-11-21/h2-7,19H,8-11H2,1H3/b7-4+. The molecule has 1 aromatic carbocycles. The molecule has 1 N–H and O–H groups in total. The highest BCUT2D eigenvalue weighted by molar-refractivity contribution is 5.67. The molecule has 1 saturated heterocycles. The molecule has 0 spiro atoms. The highest BCUT2D eigenvalue weighted by Crippen LogP contribution is 2.23. The zero-order valence-corrected chi connectivity index (χ0v) is 13.0. The topological polar surface area (TPSA) is 74.3 Å². The third-order valence-electron chi connectivity index (χ3n) is 3.67. The fourth-order valence-corrected chi connectivity index (χ4v) is 2.44. The van der Waals surface area contributed by atoms with Crippen LogP contribution in [-0.4, -0.2) is 38.3 Å². The summed E-state index contributed by atoms with van der Waals surface area (Å²) >= 11 is 0. The summed E-state index contributed by atoms with van der Waals surface area (Å²) in [6, 6.07) is 9.78. The average molecular weight is 310 g/mol. The summed E-state index contributed by atoms with van der Waals surface area (Å²) in [4.78, 5) is 6.30. The fourth-order valence-electron chi connectivity index (χ4n) is 2.44. The summed E-state index contributed by atoms with van der Waals surface area (Å²) in [5, 5.41) is 12.5. The zero-order valence-electron chi connectivity index (χ0n) is 13.0. The van der Waals surface area contributed by atoms with Gasteiger partial charge in [0, 0.05) is 32.3 Å². The number of aromatic nitrogens is 1. The van der Waals surface area contributed by atoms with Crippen molar-refractivity contribution in [3.8, 4) is 11.8 Å². The minimum atomic E-state index is 0.335. The predicted molar refractivity (Wildman–Crippen MR) is 88.2 cm³/mol. The van der Waals surface area contributed by atoms with Crippen molar-refractivity contribution in [1.29, 1.82) is 5.26 Å². The SMILES string of the molecule is COc1ccc(/C=C/c2nc(C#N)c(N3CCNCC3)o2)cc1. The molecule has 0 atom stereocenters. The first-order valence-corrected chi connectivity index (χ1v) is 7.49. The molecule has 1 aromatic heterocycles. The number of piperazine rings is 1. The molecule has 0 radical (unpaired) electrons. The van der Waals surface area contributed by atoms with Crippen molar-refractivity contribution in [2.24, 2.45) is 0 Å². The van der Waals surface area contributed by atoms with Gasteiger partial charge in [0.25, 0.3) is 0 Å². The van der Waals surface area contributed by atoms with E-state index in [-0.39, 0.29) is 0 Å². The van der Waals surface area contributed by atoms with Crippen LogP contribution in [-0.2, 0) is 0 Å². The Bertz CT molecular complexity index is 722. The zero-order chi connectivity index (χ0) is 16.1. The number of methoxy groups -OCH3 is 1. The predicted octanol–water partition coefficient (Wildman–Crippen LogP) is 2.13. The second kappa shape index (κ2) is 6.99. The molecular weight excluding hydrogens is 292 g/mol. The molecule has 6 heteroatoms. The van der Waals surface area contributed by atoms with Gasteiger partial charge in [-0.25, -0.2) is 0 Å². The van der Waals surface area contributed by atoms with Gasteiger partial charge in [0.15, 0.2) is 0 Å². The maximum atomic E-state index is 9.25. The van der Waals surface area contributed by atoms with Crippen LogP contribution in [0.25, 0.3) is 12.2 Å². The summed E-state index contributed by atoms with van der Waals surface area (Å²) in [6.07, 6.45) is 3.67. The van der Waals surface area contributed by atoms with E-state index >= 15 is 0 Å². The van der Waals surface area contributed by atoms with Gasteiger partial charge in [0.05, 0.1) is 7.11 Å². The number of nitrogens with one attached hydrogen (secondary N) is 1. The van der Waals surface area contributed by atoms with Gasteiger partial charge in [0.2, 0.25) is 17.5 Å². The maximum Gasteiger partial charge on any atom is 0.235 e. The third kappa shape index (κ3) is 3.52. The molecule has 0 unspecified atom stereocenters. The number of hydrogen-bond acceptors (Lipinski definition) is 6. The maximum absolute atomic E-state index is 9.25. The van der Waals surface area contributed by atoms with Crippen molar-refractivity contribution in [3.63, 3.8) is 0 Å². The number of anilines is 1. The Labute approximate surface area is 135 Å². The highest BCUT2D eigenvalue weighted by atomic mass is 16.5. The number of nitrogens with zero attached hydrogens (tertiary/aromatic N) is 3. The summed E-state index contributed by atoms with van der Waals surface area (Å²) in [5.74, 6) is 1.81. The number of hydrogen-bond donors (Lipinski definition) is 1. The van der Waals surface area contributed by atoms with E-state index in [4.69, 9.17) is 9.15 Å². The van der Waals surface area contributed by atoms with Crippen LogP contribution in [0.3, 0.4) is 0 Å². The van der Waals surface area contributed by atoms with Crippen molar-refractivity contribution in [3.05, 3.63) is 41.4 Å². The largest absolute Gasteiger partial charge is 0.497 e. The van der Waals surface area contributed by atoms with Crippen LogP contribution in [0.1, 0.15) is 17.1 Å². The molecule has 6 nitrogen and oxygen atoms in total. The van der Waals surface area contributed by atoms with Gasteiger partial charge in [-0.1, -0.05) is 12.1 Å². The highest BCUT2D eigenvalue weighted by Gasteiger charge is 2.20. The molecule has 2 heterocycles. The number of rotatable bonds is 4. The Hall–Kier alpha value is -2.78. The van der Waals surface area contributed by atoms with Gasteiger partial charge in [-0.15, -0.1) is 0 Å². The normalized spacial score (nSPS) is 14.9. The lowest BCUT2D eigenvalue weighted by atomic mass is 10.2. The van der Waals surface area contributed by atoms with E-state index in [1.807, 2.05) is 35.2 Å². The molecule has 1 fully saturated rings. The molecule has 0 bridgehead atoms. The fraction of sp³-hybridized carbons (Fsp3) is 0.294. The molecular formula is C17H18N4O2. The van der Waals surface area contributed by atoms with Crippen molar-refractivity contribution < 1.29 is 9.15 Å². The van der Waals surface area contributed by atoms with Gasteiger partial charge in [0.1, 0.15) is 11.8 Å². The summed E-state index contributed by atoms with van der Waals surface area (Å²) in [6.45, 7) is 3.38. The van der Waals surface area contributed by atoms with Crippen molar-refractivity contribution in [2.75, 3.05) is 38.2 Å². The van der Waals surface area contributed by atoms with Crippen LogP contribution in [0.2, 0.25) is 0 Å². The van der Waals surface area contributed by atoms with Crippen molar-refractivity contribution in [2.45, 2.75) is 0 Å². The third-order valence-corrected chi connectivity index (χ3v) is 3.67. The molecule has 118 valence electrons. The lowest BCUT2D eigenvalue weighted by Crippen LogP contribution is -2.43. The summed E-state index contributed by atoms with van der Waals surface area (Å²) < 4.78 is 10.9. The first kappa shape index (κ1) is 15.1. The first-order chi connectivity index (χ1) is 11.3. The lowest BCUT2D eigenvalue weighted by Gasteiger charge is -2.26. The second-order valence-electron chi connectivity index (χ2n) is 5.16. The second-order valence-corrected chi connectivity index (χ2v) is 5.16. The van der Waals surface area contributed by atoms with Crippen LogP contribution in [0, 0.1) is 11.3 Å². The molecule has 2 aromatic rings. The molecule has 23 heavy (non-hydrogen) atoms. The van der Waals surface area contributed by atoms with E-state index in [1.165, 1.54) is 0 Å². The first-order valence-electron chi connectivity index (χ1n) is 7.49. The van der Waals surface area contributed by atoms with Crippen LogP contribution in [0.15, 0.2) is 28.7 Å². The molecule has 0 saturated carbocycles. The van der Waals surface area contributed by atoms with Crippen LogP contribution >= 0.6 is 0 Å².